The second kappa shape index (κ2) is 5.74. The molecule has 0 bridgehead atoms. The van der Waals surface area contributed by atoms with Crippen LogP contribution < -0.4 is 5.73 Å². The Morgan fingerprint density at radius 3 is 3.05 bits per heavy atom. The summed E-state index contributed by atoms with van der Waals surface area (Å²) in [6, 6.07) is 6.67. The third kappa shape index (κ3) is 2.69. The molecule has 0 spiro atoms. The molecule has 108 valence electrons. The van der Waals surface area contributed by atoms with Crippen molar-refractivity contribution < 1.29 is 4.74 Å². The minimum atomic E-state index is 0.217. The van der Waals surface area contributed by atoms with Crippen molar-refractivity contribution in [1.29, 1.82) is 0 Å². The zero-order valence-corrected chi connectivity index (χ0v) is 13.3. The maximum atomic E-state index is 6.07. The number of guanidine groups is 1. The molecule has 0 amide bonds. The van der Waals surface area contributed by atoms with Crippen LogP contribution in [0.15, 0.2) is 27.7 Å². The summed E-state index contributed by atoms with van der Waals surface area (Å²) in [7, 11) is 0. The van der Waals surface area contributed by atoms with Gasteiger partial charge in [0.05, 0.1) is 18.7 Å². The van der Waals surface area contributed by atoms with Gasteiger partial charge in [-0.2, -0.15) is 0 Å². The molecule has 0 radical (unpaired) electrons. The molecule has 0 aromatic heterocycles. The summed E-state index contributed by atoms with van der Waals surface area (Å²) in [5, 5.41) is 0. The van der Waals surface area contributed by atoms with Crippen LogP contribution >= 0.6 is 15.9 Å². The van der Waals surface area contributed by atoms with E-state index in [4.69, 9.17) is 10.5 Å². The first-order valence-corrected chi connectivity index (χ1v) is 7.88. The van der Waals surface area contributed by atoms with Crippen molar-refractivity contribution in [2.45, 2.75) is 31.9 Å². The Morgan fingerprint density at radius 2 is 2.35 bits per heavy atom. The van der Waals surface area contributed by atoms with E-state index in [0.29, 0.717) is 5.96 Å². The van der Waals surface area contributed by atoms with Crippen molar-refractivity contribution in [1.82, 2.24) is 4.90 Å². The van der Waals surface area contributed by atoms with Crippen LogP contribution in [0.2, 0.25) is 0 Å². The minimum absolute atomic E-state index is 0.217. The van der Waals surface area contributed by atoms with Gasteiger partial charge in [-0.15, -0.1) is 0 Å². The van der Waals surface area contributed by atoms with Crippen LogP contribution in [0.5, 0.6) is 0 Å². The van der Waals surface area contributed by atoms with E-state index in [2.05, 4.69) is 50.9 Å². The van der Waals surface area contributed by atoms with Gasteiger partial charge in [-0.25, -0.2) is 0 Å². The molecule has 2 unspecified atom stereocenters. The number of rotatable bonds is 3. The van der Waals surface area contributed by atoms with Gasteiger partial charge < -0.3 is 15.4 Å². The average molecular weight is 338 g/mol. The first kappa shape index (κ1) is 13.9. The van der Waals surface area contributed by atoms with Crippen molar-refractivity contribution in [3.05, 3.63) is 33.8 Å². The van der Waals surface area contributed by atoms with Crippen LogP contribution in [0, 0.1) is 6.92 Å². The molecule has 20 heavy (non-hydrogen) atoms. The molecule has 2 aliphatic heterocycles. The average Bonchev–Trinajstić information content (AvgIpc) is 3.03. The van der Waals surface area contributed by atoms with E-state index in [1.54, 1.807) is 0 Å². The predicted molar refractivity (Wildman–Crippen MR) is 83.8 cm³/mol. The molecule has 2 atom stereocenters. The third-order valence-electron chi connectivity index (χ3n) is 4.04. The Morgan fingerprint density at radius 1 is 1.50 bits per heavy atom. The van der Waals surface area contributed by atoms with Crippen LogP contribution in [-0.2, 0) is 4.74 Å². The zero-order chi connectivity index (χ0) is 14.1. The first-order chi connectivity index (χ1) is 9.65. The molecule has 5 heteroatoms. The summed E-state index contributed by atoms with van der Waals surface area (Å²) in [6.45, 7) is 4.52. The number of nitrogens with two attached hydrogens (primary N) is 1. The van der Waals surface area contributed by atoms with E-state index >= 15 is 0 Å². The van der Waals surface area contributed by atoms with Crippen LogP contribution in [0.4, 0.5) is 0 Å². The Hall–Kier alpha value is -1.07. The maximum absolute atomic E-state index is 6.07. The second-order valence-electron chi connectivity index (χ2n) is 5.53. The van der Waals surface area contributed by atoms with Gasteiger partial charge in [0.1, 0.15) is 0 Å². The predicted octanol–water partition coefficient (Wildman–Crippen LogP) is 2.61. The van der Waals surface area contributed by atoms with Crippen molar-refractivity contribution in [2.75, 3.05) is 19.7 Å². The monoisotopic (exact) mass is 337 g/mol. The molecule has 1 saturated heterocycles. The summed E-state index contributed by atoms with van der Waals surface area (Å²) in [5.74, 6) is 0.637. The fourth-order valence-corrected chi connectivity index (χ4v) is 3.68. The molecular weight excluding hydrogens is 318 g/mol. The fourth-order valence-electron chi connectivity index (χ4n) is 2.93. The van der Waals surface area contributed by atoms with Gasteiger partial charge in [-0.1, -0.05) is 28.1 Å². The highest BCUT2D eigenvalue weighted by Crippen LogP contribution is 2.32. The van der Waals surface area contributed by atoms with Crippen molar-refractivity contribution in [3.63, 3.8) is 0 Å². The molecule has 1 aromatic carbocycles. The molecule has 0 saturated carbocycles. The molecule has 4 nitrogen and oxygen atoms in total. The highest BCUT2D eigenvalue weighted by atomic mass is 79.9. The SMILES string of the molecule is Cc1ccc(C2CN=C(N)N2CC2CCCO2)c(Br)c1. The number of hydrogen-bond acceptors (Lipinski definition) is 4. The quantitative estimate of drug-likeness (QED) is 0.922. The van der Waals surface area contributed by atoms with E-state index in [1.165, 1.54) is 11.1 Å². The summed E-state index contributed by atoms with van der Waals surface area (Å²) >= 11 is 3.67. The third-order valence-corrected chi connectivity index (χ3v) is 4.72. The lowest BCUT2D eigenvalue weighted by Gasteiger charge is -2.29. The van der Waals surface area contributed by atoms with Crippen molar-refractivity contribution >= 4 is 21.9 Å². The lowest BCUT2D eigenvalue weighted by atomic mass is 10.0. The molecule has 2 heterocycles. The van der Waals surface area contributed by atoms with E-state index in [9.17, 15) is 0 Å². The number of aryl methyl sites for hydroxylation is 1. The summed E-state index contributed by atoms with van der Waals surface area (Å²) in [6.07, 6.45) is 2.55. The van der Waals surface area contributed by atoms with Gasteiger partial charge in [0.2, 0.25) is 0 Å². The number of halogens is 1. The van der Waals surface area contributed by atoms with Crippen molar-refractivity contribution in [2.24, 2.45) is 10.7 Å². The normalized spacial score (nSPS) is 26.1. The minimum Gasteiger partial charge on any atom is -0.376 e. The van der Waals surface area contributed by atoms with Gasteiger partial charge in [0.25, 0.3) is 0 Å². The molecule has 2 aliphatic rings. The molecule has 0 aliphatic carbocycles. The summed E-state index contributed by atoms with van der Waals surface area (Å²) < 4.78 is 6.86. The highest BCUT2D eigenvalue weighted by Gasteiger charge is 2.31. The van der Waals surface area contributed by atoms with Crippen LogP contribution in [-0.4, -0.2) is 36.7 Å². The standard InChI is InChI=1S/C15H20BrN3O/c1-10-4-5-12(13(16)7-10)14-8-18-15(17)19(14)9-11-3-2-6-20-11/h4-5,7,11,14H,2-3,6,8-9H2,1H3,(H2,17,18). The van der Waals surface area contributed by atoms with E-state index < -0.39 is 0 Å². The van der Waals surface area contributed by atoms with Gasteiger partial charge in [0.15, 0.2) is 5.96 Å². The molecule has 1 fully saturated rings. The summed E-state index contributed by atoms with van der Waals surface area (Å²) in [5.41, 5.74) is 8.57. The number of ether oxygens (including phenoxy) is 1. The van der Waals surface area contributed by atoms with Gasteiger partial charge >= 0.3 is 0 Å². The van der Waals surface area contributed by atoms with E-state index in [0.717, 1.165) is 37.0 Å². The zero-order valence-electron chi connectivity index (χ0n) is 11.7. The Bertz CT molecular complexity index is 526. The van der Waals surface area contributed by atoms with Crippen LogP contribution in [0.3, 0.4) is 0 Å². The lowest BCUT2D eigenvalue weighted by Crippen LogP contribution is -2.41. The molecule has 3 rings (SSSR count). The van der Waals surface area contributed by atoms with Gasteiger partial charge in [-0.05, 0) is 37.0 Å². The number of benzene rings is 1. The highest BCUT2D eigenvalue weighted by molar-refractivity contribution is 9.10. The lowest BCUT2D eigenvalue weighted by molar-refractivity contribution is 0.0852. The Labute approximate surface area is 128 Å². The van der Waals surface area contributed by atoms with Gasteiger partial charge in [-0.3, -0.25) is 4.99 Å². The molecular formula is C15H20BrN3O. The molecule has 2 N–H and O–H groups in total. The Kier molecular flexibility index (Phi) is 3.98. The topological polar surface area (TPSA) is 50.8 Å². The Balaban J connectivity index is 1.80. The van der Waals surface area contributed by atoms with E-state index in [-0.39, 0.29) is 12.1 Å². The van der Waals surface area contributed by atoms with Crippen molar-refractivity contribution in [3.8, 4) is 0 Å². The number of aliphatic imine (C=N–C) groups is 1. The second-order valence-corrected chi connectivity index (χ2v) is 6.38. The first-order valence-electron chi connectivity index (χ1n) is 7.09. The largest absolute Gasteiger partial charge is 0.376 e. The maximum Gasteiger partial charge on any atom is 0.192 e. The smallest absolute Gasteiger partial charge is 0.192 e. The van der Waals surface area contributed by atoms with E-state index in [1.807, 2.05) is 0 Å². The fraction of sp³-hybridized carbons (Fsp3) is 0.533. The van der Waals surface area contributed by atoms with Crippen LogP contribution in [0.25, 0.3) is 0 Å². The summed E-state index contributed by atoms with van der Waals surface area (Å²) in [4.78, 5) is 6.61. The number of hydrogen-bond donors (Lipinski definition) is 1. The number of nitrogens with zero attached hydrogens (tertiary/aromatic N) is 2. The molecule has 1 aromatic rings. The van der Waals surface area contributed by atoms with Gasteiger partial charge in [0, 0.05) is 17.6 Å². The van der Waals surface area contributed by atoms with Crippen LogP contribution in [0.1, 0.15) is 30.0 Å².